The molecule has 0 aliphatic carbocycles. The second-order valence-electron chi connectivity index (χ2n) is 4.41. The van der Waals surface area contributed by atoms with Crippen molar-refractivity contribution in [1.82, 2.24) is 10.0 Å². The number of nitrogens with one attached hydrogen (secondary N) is 2. The summed E-state index contributed by atoms with van der Waals surface area (Å²) in [4.78, 5) is 0. The highest BCUT2D eigenvalue weighted by atomic mass is 32.2. The molecule has 1 aromatic carbocycles. The number of rotatable bonds is 5. The van der Waals surface area contributed by atoms with Gasteiger partial charge in [-0.25, -0.2) is 21.9 Å². The van der Waals surface area contributed by atoms with Crippen LogP contribution in [0.4, 0.5) is 8.78 Å². The van der Waals surface area contributed by atoms with Gasteiger partial charge in [0.25, 0.3) is 0 Å². The molecule has 0 aromatic heterocycles. The molecule has 5 nitrogen and oxygen atoms in total. The number of sulfonamides is 1. The predicted molar refractivity (Wildman–Crippen MR) is 76.5 cm³/mol. The van der Waals surface area contributed by atoms with E-state index >= 15 is 0 Å². The largest absolute Gasteiger partial charge is 0.376 e. The van der Waals surface area contributed by atoms with Crippen molar-refractivity contribution in [2.24, 2.45) is 5.73 Å². The van der Waals surface area contributed by atoms with Crippen molar-refractivity contribution in [1.29, 1.82) is 0 Å². The molecule has 0 bridgehead atoms. The van der Waals surface area contributed by atoms with Crippen molar-refractivity contribution in [2.45, 2.75) is 12.5 Å². The van der Waals surface area contributed by atoms with Gasteiger partial charge in [0.15, 0.2) is 5.11 Å². The van der Waals surface area contributed by atoms with Crippen LogP contribution in [0.5, 0.6) is 0 Å². The van der Waals surface area contributed by atoms with Crippen LogP contribution >= 0.6 is 12.2 Å². The molecule has 0 amide bonds. The fourth-order valence-corrected chi connectivity index (χ4v) is 3.20. The van der Waals surface area contributed by atoms with Crippen LogP contribution in [-0.4, -0.2) is 26.3 Å². The van der Waals surface area contributed by atoms with Crippen LogP contribution in [0.2, 0.25) is 0 Å². The van der Waals surface area contributed by atoms with Crippen LogP contribution in [0.25, 0.3) is 0 Å². The van der Waals surface area contributed by atoms with Gasteiger partial charge in [-0.3, -0.25) is 0 Å². The second-order valence-corrected chi connectivity index (χ2v) is 6.77. The maximum atomic E-state index is 13.9. The van der Waals surface area contributed by atoms with Crippen molar-refractivity contribution < 1.29 is 17.2 Å². The molecule has 0 radical (unpaired) electrons. The first-order chi connectivity index (χ1) is 9.09. The first-order valence-electron chi connectivity index (χ1n) is 5.54. The molecule has 9 heteroatoms. The molecule has 0 aliphatic heterocycles. The Bertz CT molecular complexity index is 622. The van der Waals surface area contributed by atoms with Gasteiger partial charge in [-0.1, -0.05) is 6.07 Å². The summed E-state index contributed by atoms with van der Waals surface area (Å²) in [5, 5.41) is 2.36. The van der Waals surface area contributed by atoms with E-state index in [0.29, 0.717) is 6.07 Å². The number of nitrogens with two attached hydrogens (primary N) is 1. The topological polar surface area (TPSA) is 84.2 Å². The van der Waals surface area contributed by atoms with Crippen molar-refractivity contribution >= 4 is 27.4 Å². The quantitative estimate of drug-likeness (QED) is 0.690. The van der Waals surface area contributed by atoms with Crippen molar-refractivity contribution in [3.05, 3.63) is 35.4 Å². The summed E-state index contributed by atoms with van der Waals surface area (Å²) in [5.74, 6) is -2.17. The normalized spacial score (nSPS) is 14.6. The van der Waals surface area contributed by atoms with Gasteiger partial charge in [0.05, 0.1) is 11.3 Å². The number of hydrogen-bond donors (Lipinski definition) is 3. The van der Waals surface area contributed by atoms with Crippen LogP contribution in [0.15, 0.2) is 18.2 Å². The first-order valence-corrected chi connectivity index (χ1v) is 7.60. The lowest BCUT2D eigenvalue weighted by Crippen LogP contribution is -2.52. The zero-order valence-electron chi connectivity index (χ0n) is 10.9. The Labute approximate surface area is 121 Å². The zero-order valence-corrected chi connectivity index (χ0v) is 12.5. The van der Waals surface area contributed by atoms with E-state index in [1.54, 1.807) is 0 Å². The van der Waals surface area contributed by atoms with E-state index in [1.807, 2.05) is 0 Å². The lowest BCUT2D eigenvalue weighted by atomic mass is 9.93. The second kappa shape index (κ2) is 5.98. The van der Waals surface area contributed by atoms with Gasteiger partial charge < -0.3 is 11.1 Å². The summed E-state index contributed by atoms with van der Waals surface area (Å²) < 4.78 is 52.4. The molecule has 0 aliphatic rings. The van der Waals surface area contributed by atoms with E-state index in [9.17, 15) is 17.2 Å². The molecule has 1 atom stereocenters. The van der Waals surface area contributed by atoms with Crippen LogP contribution in [0.1, 0.15) is 12.5 Å². The highest BCUT2D eigenvalue weighted by Crippen LogP contribution is 2.26. The number of thiocarbonyl (C=S) groups is 1. The maximum absolute atomic E-state index is 13.9. The molecular weight excluding hydrogens is 308 g/mol. The summed E-state index contributed by atoms with van der Waals surface area (Å²) in [5.41, 5.74) is 3.89. The number of hydrogen-bond acceptors (Lipinski definition) is 3. The van der Waals surface area contributed by atoms with E-state index in [4.69, 9.17) is 18.0 Å². The molecule has 0 unspecified atom stereocenters. The van der Waals surface area contributed by atoms with Crippen LogP contribution in [-0.2, 0) is 15.6 Å². The van der Waals surface area contributed by atoms with E-state index in [2.05, 4.69) is 10.0 Å². The minimum atomic E-state index is -3.69. The van der Waals surface area contributed by atoms with E-state index in [1.165, 1.54) is 14.0 Å². The maximum Gasteiger partial charge on any atom is 0.213 e. The standard InChI is InChI=1S/C11H15F2N3O2S2/c1-11(16-10(14)19,6-20(17,18)15-2)8-4-3-7(12)5-9(8)13/h3-5,15H,6H2,1-2H3,(H3,14,16,19)/t11-/m0/s1. The summed E-state index contributed by atoms with van der Waals surface area (Å²) in [6, 6.07) is 2.85. The highest BCUT2D eigenvalue weighted by Gasteiger charge is 2.35. The lowest BCUT2D eigenvalue weighted by Gasteiger charge is -2.31. The molecule has 0 spiro atoms. The minimum Gasteiger partial charge on any atom is -0.376 e. The molecule has 0 heterocycles. The summed E-state index contributed by atoms with van der Waals surface area (Å²) >= 11 is 4.69. The van der Waals surface area contributed by atoms with Crippen LogP contribution in [0.3, 0.4) is 0 Å². The molecular formula is C11H15F2N3O2S2. The average Bonchev–Trinajstić information content (AvgIpc) is 2.26. The van der Waals surface area contributed by atoms with Gasteiger partial charge in [-0.2, -0.15) is 0 Å². The lowest BCUT2D eigenvalue weighted by molar-refractivity contribution is 0.445. The third-order valence-electron chi connectivity index (χ3n) is 2.71. The summed E-state index contributed by atoms with van der Waals surface area (Å²) in [6.45, 7) is 1.41. The first kappa shape index (κ1) is 16.7. The fourth-order valence-electron chi connectivity index (χ4n) is 1.84. The van der Waals surface area contributed by atoms with Gasteiger partial charge in [0.1, 0.15) is 11.6 Å². The minimum absolute atomic E-state index is 0.0504. The average molecular weight is 323 g/mol. The Morgan fingerprint density at radius 2 is 2.05 bits per heavy atom. The fraction of sp³-hybridized carbons (Fsp3) is 0.364. The molecule has 0 fully saturated rings. The molecule has 20 heavy (non-hydrogen) atoms. The van der Waals surface area contributed by atoms with Gasteiger partial charge >= 0.3 is 0 Å². The van der Waals surface area contributed by atoms with Crippen molar-refractivity contribution in [3.63, 3.8) is 0 Å². The highest BCUT2D eigenvalue weighted by molar-refractivity contribution is 7.89. The summed E-state index contributed by atoms with van der Waals surface area (Å²) in [7, 11) is -2.45. The number of benzene rings is 1. The molecule has 0 saturated heterocycles. The Hall–Kier alpha value is -1.32. The van der Waals surface area contributed by atoms with E-state index in [0.717, 1.165) is 12.1 Å². The summed E-state index contributed by atoms with van der Waals surface area (Å²) in [6.07, 6.45) is 0. The van der Waals surface area contributed by atoms with Crippen molar-refractivity contribution in [2.75, 3.05) is 12.8 Å². The van der Waals surface area contributed by atoms with Gasteiger partial charge in [0.2, 0.25) is 10.0 Å². The van der Waals surface area contributed by atoms with E-state index < -0.39 is 32.9 Å². The molecule has 1 aromatic rings. The molecule has 4 N–H and O–H groups in total. The SMILES string of the molecule is CNS(=O)(=O)C[C@](C)(NC(N)=S)c1ccc(F)cc1F. The predicted octanol–water partition coefficient (Wildman–Crippen LogP) is 0.562. The smallest absolute Gasteiger partial charge is 0.213 e. The third kappa shape index (κ3) is 4.09. The van der Waals surface area contributed by atoms with E-state index in [-0.39, 0.29) is 10.7 Å². The van der Waals surface area contributed by atoms with Crippen LogP contribution in [0, 0.1) is 11.6 Å². The van der Waals surface area contributed by atoms with Gasteiger partial charge in [-0.15, -0.1) is 0 Å². The number of halogens is 2. The van der Waals surface area contributed by atoms with Crippen molar-refractivity contribution in [3.8, 4) is 0 Å². The zero-order chi connectivity index (χ0) is 15.6. The Balaban J connectivity index is 3.34. The Kier molecular flexibility index (Phi) is 5.00. The Morgan fingerprint density at radius 1 is 1.45 bits per heavy atom. The monoisotopic (exact) mass is 323 g/mol. The van der Waals surface area contributed by atoms with Gasteiger partial charge in [0, 0.05) is 11.6 Å². The third-order valence-corrected chi connectivity index (χ3v) is 4.40. The molecule has 0 saturated carbocycles. The molecule has 112 valence electrons. The Morgan fingerprint density at radius 3 is 2.50 bits per heavy atom. The van der Waals surface area contributed by atoms with Gasteiger partial charge in [-0.05, 0) is 32.3 Å². The molecule has 1 rings (SSSR count). The van der Waals surface area contributed by atoms with Crippen LogP contribution < -0.4 is 15.8 Å².